The number of carbonyl (C=O) groups is 2. The Kier molecular flexibility index (Phi) is 8.86. The highest BCUT2D eigenvalue weighted by molar-refractivity contribution is 6.99. The molecule has 2 aromatic carbocycles. The maximum atomic E-state index is 12.7. The predicted octanol–water partition coefficient (Wildman–Crippen LogP) is 4.02. The third-order valence-corrected chi connectivity index (χ3v) is 10.2. The van der Waals surface area contributed by atoms with Crippen LogP contribution >= 0.6 is 0 Å². The Labute approximate surface area is 198 Å². The van der Waals surface area contributed by atoms with Gasteiger partial charge >= 0.3 is 12.1 Å². The zero-order valence-corrected chi connectivity index (χ0v) is 21.8. The van der Waals surface area contributed by atoms with Gasteiger partial charge in [-0.2, -0.15) is 0 Å². The number of esters is 1. The van der Waals surface area contributed by atoms with E-state index in [-0.39, 0.29) is 18.3 Å². The number of carbonyl (C=O) groups excluding carboxylic acids is 2. The van der Waals surface area contributed by atoms with Crippen molar-refractivity contribution in [3.8, 4) is 0 Å². The highest BCUT2D eigenvalue weighted by atomic mass is 28.4. The number of benzene rings is 2. The molecule has 0 aliphatic rings. The van der Waals surface area contributed by atoms with Gasteiger partial charge in [0.05, 0.1) is 13.2 Å². The van der Waals surface area contributed by atoms with Crippen LogP contribution in [0.4, 0.5) is 4.79 Å². The SMILES string of the molecule is CCOC(=O)C(CO[Si](c1ccccc1)(c1ccccc1)C(C)(C)C)NC(=O)OC(C)(C)C. The second-order valence-electron chi connectivity index (χ2n) is 9.93. The highest BCUT2D eigenvalue weighted by Gasteiger charge is 2.50. The Morgan fingerprint density at radius 1 is 0.879 bits per heavy atom. The summed E-state index contributed by atoms with van der Waals surface area (Å²) in [7, 11) is -2.88. The molecule has 0 saturated carbocycles. The van der Waals surface area contributed by atoms with Crippen molar-refractivity contribution in [1.29, 1.82) is 0 Å². The molecule has 6 nitrogen and oxygen atoms in total. The average Bonchev–Trinajstić information content (AvgIpc) is 2.72. The Bertz CT molecular complexity index is 864. The third kappa shape index (κ3) is 6.92. The Morgan fingerprint density at radius 2 is 1.36 bits per heavy atom. The molecule has 2 aromatic rings. The van der Waals surface area contributed by atoms with Gasteiger partial charge in [-0.3, -0.25) is 0 Å². The van der Waals surface area contributed by atoms with E-state index in [0.29, 0.717) is 0 Å². The van der Waals surface area contributed by atoms with E-state index >= 15 is 0 Å². The normalized spacial score (nSPS) is 13.2. The van der Waals surface area contributed by atoms with Gasteiger partial charge in [0.25, 0.3) is 8.32 Å². The van der Waals surface area contributed by atoms with Crippen LogP contribution in [0.2, 0.25) is 5.04 Å². The standard InChI is InChI=1S/C26H37NO5Si/c1-8-30-23(28)22(27-24(29)32-25(2,3)4)19-31-33(26(5,6)7,20-15-11-9-12-16-20)21-17-13-10-14-18-21/h9-18,22H,8,19H2,1-7H3,(H,27,29). The Balaban J connectivity index is 2.47. The van der Waals surface area contributed by atoms with Gasteiger partial charge in [0.2, 0.25) is 0 Å². The average molecular weight is 472 g/mol. The Morgan fingerprint density at radius 3 is 1.76 bits per heavy atom. The lowest BCUT2D eigenvalue weighted by Crippen LogP contribution is -2.67. The van der Waals surface area contributed by atoms with Crippen LogP contribution in [0.25, 0.3) is 0 Å². The number of hydrogen-bond donors (Lipinski definition) is 1. The van der Waals surface area contributed by atoms with Gasteiger partial charge in [-0.1, -0.05) is 81.4 Å². The first kappa shape index (κ1) is 26.6. The lowest BCUT2D eigenvalue weighted by Gasteiger charge is -2.43. The molecule has 2 rings (SSSR count). The van der Waals surface area contributed by atoms with Crippen LogP contribution in [-0.2, 0) is 18.7 Å². The van der Waals surface area contributed by atoms with E-state index in [2.05, 4.69) is 50.4 Å². The summed E-state index contributed by atoms with van der Waals surface area (Å²) in [4.78, 5) is 25.2. The van der Waals surface area contributed by atoms with Crippen LogP contribution in [0.5, 0.6) is 0 Å². The molecule has 0 fully saturated rings. The van der Waals surface area contributed by atoms with E-state index < -0.39 is 32.0 Å². The Hall–Kier alpha value is -2.64. The molecular weight excluding hydrogens is 434 g/mol. The molecule has 1 amide bonds. The number of rotatable bonds is 8. The van der Waals surface area contributed by atoms with Gasteiger partial charge in [0.1, 0.15) is 5.60 Å². The van der Waals surface area contributed by atoms with Crippen molar-refractivity contribution in [2.75, 3.05) is 13.2 Å². The number of alkyl carbamates (subject to hydrolysis) is 1. The predicted molar refractivity (Wildman–Crippen MR) is 133 cm³/mol. The van der Waals surface area contributed by atoms with Crippen LogP contribution in [0.3, 0.4) is 0 Å². The summed E-state index contributed by atoms with van der Waals surface area (Å²) in [6.07, 6.45) is -0.688. The van der Waals surface area contributed by atoms with Crippen LogP contribution in [0.1, 0.15) is 48.5 Å². The zero-order valence-electron chi connectivity index (χ0n) is 20.8. The maximum absolute atomic E-state index is 12.7. The van der Waals surface area contributed by atoms with Crippen LogP contribution in [0, 0.1) is 0 Å². The van der Waals surface area contributed by atoms with Crippen molar-refractivity contribution < 1.29 is 23.5 Å². The first-order chi connectivity index (χ1) is 15.4. The molecule has 1 atom stereocenters. The quantitative estimate of drug-likeness (QED) is 0.465. The van der Waals surface area contributed by atoms with Crippen LogP contribution in [-0.4, -0.2) is 45.2 Å². The van der Waals surface area contributed by atoms with Crippen molar-refractivity contribution >= 4 is 30.8 Å². The summed E-state index contributed by atoms with van der Waals surface area (Å²) in [5.41, 5.74) is -0.692. The van der Waals surface area contributed by atoms with Gasteiger partial charge in [0.15, 0.2) is 6.04 Å². The molecule has 0 bridgehead atoms. The second-order valence-corrected chi connectivity index (χ2v) is 14.2. The lowest BCUT2D eigenvalue weighted by molar-refractivity contribution is -0.146. The molecule has 0 spiro atoms. The topological polar surface area (TPSA) is 73.9 Å². The van der Waals surface area contributed by atoms with Crippen LogP contribution in [0.15, 0.2) is 60.7 Å². The minimum Gasteiger partial charge on any atom is -0.464 e. The fraction of sp³-hybridized carbons (Fsp3) is 0.462. The first-order valence-corrected chi connectivity index (χ1v) is 13.2. The van der Waals surface area contributed by atoms with E-state index in [1.807, 2.05) is 36.4 Å². The zero-order chi connectivity index (χ0) is 24.7. The van der Waals surface area contributed by atoms with E-state index in [1.165, 1.54) is 0 Å². The van der Waals surface area contributed by atoms with E-state index in [1.54, 1.807) is 27.7 Å². The molecular formula is C26H37NO5Si. The summed E-state index contributed by atoms with van der Waals surface area (Å²) in [5, 5.41) is 4.56. The molecule has 7 heteroatoms. The molecule has 0 saturated heterocycles. The molecule has 0 aliphatic carbocycles. The summed E-state index contributed by atoms with van der Waals surface area (Å²) in [5.74, 6) is -0.554. The molecule has 0 aromatic heterocycles. The van der Waals surface area contributed by atoms with Crippen molar-refractivity contribution in [3.05, 3.63) is 60.7 Å². The largest absolute Gasteiger partial charge is 0.464 e. The highest BCUT2D eigenvalue weighted by Crippen LogP contribution is 2.36. The molecule has 0 aliphatic heterocycles. The van der Waals surface area contributed by atoms with Gasteiger partial charge in [0, 0.05) is 0 Å². The summed E-state index contributed by atoms with van der Waals surface area (Å²) in [6, 6.07) is 19.2. The monoisotopic (exact) mass is 471 g/mol. The fourth-order valence-corrected chi connectivity index (χ4v) is 8.40. The van der Waals surface area contributed by atoms with Gasteiger partial charge in [-0.05, 0) is 43.1 Å². The molecule has 1 unspecified atom stereocenters. The van der Waals surface area contributed by atoms with E-state index in [4.69, 9.17) is 13.9 Å². The summed E-state index contributed by atoms with van der Waals surface area (Å²) >= 11 is 0. The maximum Gasteiger partial charge on any atom is 0.408 e. The smallest absolute Gasteiger partial charge is 0.408 e. The number of nitrogens with one attached hydrogen (secondary N) is 1. The number of amides is 1. The first-order valence-electron chi connectivity index (χ1n) is 11.3. The lowest BCUT2D eigenvalue weighted by atomic mass is 10.2. The summed E-state index contributed by atoms with van der Waals surface area (Å²) in [6.45, 7) is 13.7. The van der Waals surface area contributed by atoms with E-state index in [0.717, 1.165) is 10.4 Å². The van der Waals surface area contributed by atoms with Crippen molar-refractivity contribution in [2.24, 2.45) is 0 Å². The number of ether oxygens (including phenoxy) is 2. The van der Waals surface area contributed by atoms with E-state index in [9.17, 15) is 9.59 Å². The second kappa shape index (κ2) is 11.0. The van der Waals surface area contributed by atoms with Crippen LogP contribution < -0.4 is 15.7 Å². The fourth-order valence-electron chi connectivity index (χ4n) is 3.83. The third-order valence-electron chi connectivity index (χ3n) is 5.15. The van der Waals surface area contributed by atoms with Crippen molar-refractivity contribution in [2.45, 2.75) is 65.1 Å². The van der Waals surface area contributed by atoms with Gasteiger partial charge in [-0.15, -0.1) is 0 Å². The summed E-state index contributed by atoms with van der Waals surface area (Å²) < 4.78 is 17.4. The molecule has 0 heterocycles. The minimum atomic E-state index is -2.88. The number of hydrogen-bond acceptors (Lipinski definition) is 5. The molecule has 180 valence electrons. The van der Waals surface area contributed by atoms with Crippen molar-refractivity contribution in [1.82, 2.24) is 5.32 Å². The van der Waals surface area contributed by atoms with Crippen molar-refractivity contribution in [3.63, 3.8) is 0 Å². The minimum absolute atomic E-state index is 0.0364. The molecule has 33 heavy (non-hydrogen) atoms. The van der Waals surface area contributed by atoms with Gasteiger partial charge < -0.3 is 19.2 Å². The molecule has 1 N–H and O–H groups in total. The van der Waals surface area contributed by atoms with Gasteiger partial charge in [-0.25, -0.2) is 9.59 Å². The molecule has 0 radical (unpaired) electrons.